The number of carbonyl (C=O) groups is 1. The van der Waals surface area contributed by atoms with Gasteiger partial charge in [0.15, 0.2) is 5.82 Å². The number of hydrogen-bond acceptors (Lipinski definition) is 5. The van der Waals surface area contributed by atoms with Crippen LogP contribution < -0.4 is 10.5 Å². The minimum atomic E-state index is 0.0110. The van der Waals surface area contributed by atoms with E-state index in [2.05, 4.69) is 28.6 Å². The molecule has 8 nitrogen and oxygen atoms in total. The summed E-state index contributed by atoms with van der Waals surface area (Å²) in [4.78, 5) is 24.9. The topological polar surface area (TPSA) is 91.2 Å². The summed E-state index contributed by atoms with van der Waals surface area (Å²) >= 11 is 0. The molecule has 1 amide bonds. The highest BCUT2D eigenvalue weighted by atomic mass is 16.5. The second-order valence-corrected chi connectivity index (χ2v) is 9.17. The van der Waals surface area contributed by atoms with Gasteiger partial charge in [0.25, 0.3) is 5.91 Å². The average molecular weight is 445 g/mol. The number of methoxy groups -OCH3 is 1. The number of amides is 1. The fourth-order valence-corrected chi connectivity index (χ4v) is 5.86. The average Bonchev–Trinajstić information content (AvgIpc) is 3.57. The molecule has 33 heavy (non-hydrogen) atoms. The molecule has 1 aliphatic carbocycles. The van der Waals surface area contributed by atoms with Gasteiger partial charge in [-0.05, 0) is 56.0 Å². The number of aromatic nitrogens is 4. The zero-order chi connectivity index (χ0) is 22.9. The van der Waals surface area contributed by atoms with Gasteiger partial charge < -0.3 is 24.5 Å². The molecule has 0 unspecified atom stereocenters. The molecule has 1 saturated carbocycles. The second kappa shape index (κ2) is 7.31. The number of likely N-dealkylation sites (tertiary alicyclic amines) is 1. The lowest BCUT2D eigenvalue weighted by molar-refractivity contribution is 0.0700. The zero-order valence-electron chi connectivity index (χ0n) is 19.2. The maximum Gasteiger partial charge on any atom is 0.254 e. The number of imidazole rings is 1. The van der Waals surface area contributed by atoms with E-state index in [1.54, 1.807) is 7.11 Å². The summed E-state index contributed by atoms with van der Waals surface area (Å²) in [5, 5.41) is 1.07. The highest BCUT2D eigenvalue weighted by Gasteiger charge is 2.47. The van der Waals surface area contributed by atoms with Gasteiger partial charge in [-0.15, -0.1) is 0 Å². The maximum atomic E-state index is 13.4. The van der Waals surface area contributed by atoms with E-state index in [0.29, 0.717) is 17.2 Å². The van der Waals surface area contributed by atoms with Gasteiger partial charge in [-0.3, -0.25) is 4.79 Å². The Kier molecular flexibility index (Phi) is 4.48. The molecule has 4 aromatic rings. The number of hydrogen-bond donors (Lipinski definition) is 1. The van der Waals surface area contributed by atoms with E-state index in [4.69, 9.17) is 15.5 Å². The molecular weight excluding hydrogens is 416 g/mol. The summed E-state index contributed by atoms with van der Waals surface area (Å²) in [5.41, 5.74) is 10.5. The van der Waals surface area contributed by atoms with Gasteiger partial charge in [-0.2, -0.15) is 0 Å². The highest BCUT2D eigenvalue weighted by molar-refractivity contribution is 6.00. The van der Waals surface area contributed by atoms with E-state index in [-0.39, 0.29) is 18.0 Å². The fourth-order valence-electron chi connectivity index (χ4n) is 5.86. The number of nitrogens with two attached hydrogens (primary N) is 1. The van der Waals surface area contributed by atoms with E-state index in [1.807, 2.05) is 40.9 Å². The minimum absolute atomic E-state index is 0.0110. The van der Waals surface area contributed by atoms with Gasteiger partial charge in [0, 0.05) is 49.4 Å². The molecule has 2 aliphatic rings. The van der Waals surface area contributed by atoms with Crippen LogP contribution in [-0.2, 0) is 13.6 Å². The lowest BCUT2D eigenvalue weighted by Crippen LogP contribution is -2.41. The summed E-state index contributed by atoms with van der Waals surface area (Å²) in [7, 11) is 3.62. The number of ether oxygens (including phenoxy) is 1. The molecule has 3 aromatic heterocycles. The SMILES string of the molecule is CCn1c(-c2nc3cc(C(=O)N4C[C@@H]5CC[C@H]4[C@H]5N)cc(OC)c3n2C)cc2cccnc21. The first-order valence-corrected chi connectivity index (χ1v) is 11.6. The molecule has 8 heteroatoms. The molecule has 2 bridgehead atoms. The van der Waals surface area contributed by atoms with E-state index in [9.17, 15) is 4.79 Å². The Hall–Kier alpha value is -3.39. The summed E-state index contributed by atoms with van der Waals surface area (Å²) in [6, 6.07) is 10.1. The van der Waals surface area contributed by atoms with Crippen LogP contribution in [0.15, 0.2) is 36.5 Å². The molecule has 0 radical (unpaired) electrons. The molecule has 4 heterocycles. The number of fused-ring (bicyclic) bond motifs is 4. The van der Waals surface area contributed by atoms with Crippen molar-refractivity contribution in [1.29, 1.82) is 0 Å². The van der Waals surface area contributed by atoms with E-state index >= 15 is 0 Å². The van der Waals surface area contributed by atoms with Gasteiger partial charge in [-0.1, -0.05) is 0 Å². The van der Waals surface area contributed by atoms with Gasteiger partial charge >= 0.3 is 0 Å². The largest absolute Gasteiger partial charge is 0.494 e. The van der Waals surface area contributed by atoms with Crippen molar-refractivity contribution in [3.05, 3.63) is 42.1 Å². The Morgan fingerprint density at radius 1 is 1.27 bits per heavy atom. The van der Waals surface area contributed by atoms with Crippen molar-refractivity contribution < 1.29 is 9.53 Å². The standard InChI is InChI=1S/C25H28N6O2/c1-4-30-19(11-14-6-5-9-27-23(14)30)24-28-17-10-16(12-20(33-3)22(17)29(24)2)25(32)31-13-15-7-8-18(31)21(15)26/h5-6,9-12,15,18,21H,4,7-8,13,26H2,1-3H3/t15-,18-,21-/m0/s1. The predicted octanol–water partition coefficient (Wildman–Crippen LogP) is 3.18. The first-order valence-electron chi connectivity index (χ1n) is 11.6. The van der Waals surface area contributed by atoms with Crippen LogP contribution in [0.2, 0.25) is 0 Å². The fraction of sp³-hybridized carbons (Fsp3) is 0.400. The van der Waals surface area contributed by atoms with Crippen LogP contribution in [0, 0.1) is 5.92 Å². The van der Waals surface area contributed by atoms with Crippen molar-refractivity contribution in [2.75, 3.05) is 13.7 Å². The molecule has 1 aliphatic heterocycles. The third-order valence-corrected chi connectivity index (χ3v) is 7.52. The van der Waals surface area contributed by atoms with E-state index < -0.39 is 0 Å². The molecule has 1 aromatic carbocycles. The van der Waals surface area contributed by atoms with E-state index in [0.717, 1.165) is 59.5 Å². The van der Waals surface area contributed by atoms with Crippen LogP contribution in [0.5, 0.6) is 5.75 Å². The van der Waals surface area contributed by atoms with Crippen LogP contribution in [0.4, 0.5) is 0 Å². The second-order valence-electron chi connectivity index (χ2n) is 9.17. The number of rotatable bonds is 4. The summed E-state index contributed by atoms with van der Waals surface area (Å²) in [5.74, 6) is 1.88. The molecule has 1 saturated heterocycles. The van der Waals surface area contributed by atoms with Gasteiger partial charge in [0.2, 0.25) is 0 Å². The molecule has 6 rings (SSSR count). The van der Waals surface area contributed by atoms with Crippen molar-refractivity contribution >= 4 is 28.0 Å². The summed E-state index contributed by atoms with van der Waals surface area (Å²) < 4.78 is 9.94. The summed E-state index contributed by atoms with van der Waals surface area (Å²) in [6.45, 7) is 3.62. The molecule has 3 atom stereocenters. The molecule has 170 valence electrons. The van der Waals surface area contributed by atoms with Crippen LogP contribution in [-0.4, -0.2) is 55.6 Å². The molecule has 2 N–H and O–H groups in total. The zero-order valence-corrected chi connectivity index (χ0v) is 19.2. The predicted molar refractivity (Wildman–Crippen MR) is 127 cm³/mol. The number of nitrogens with zero attached hydrogens (tertiary/aromatic N) is 5. The van der Waals surface area contributed by atoms with Gasteiger partial charge in [0.05, 0.1) is 18.3 Å². The number of carbonyl (C=O) groups excluding carboxylic acids is 1. The normalized spacial score (nSPS) is 22.1. The quantitative estimate of drug-likeness (QED) is 0.522. The Balaban J connectivity index is 1.48. The highest BCUT2D eigenvalue weighted by Crippen LogP contribution is 2.39. The van der Waals surface area contributed by atoms with Crippen molar-refractivity contribution in [3.8, 4) is 17.3 Å². The Labute approximate surface area is 192 Å². The number of pyridine rings is 1. The van der Waals surface area contributed by atoms with Crippen LogP contribution in [0.25, 0.3) is 33.6 Å². The van der Waals surface area contributed by atoms with Crippen LogP contribution in [0.3, 0.4) is 0 Å². The number of aryl methyl sites for hydroxylation is 2. The smallest absolute Gasteiger partial charge is 0.254 e. The third-order valence-electron chi connectivity index (χ3n) is 7.52. The van der Waals surface area contributed by atoms with Crippen LogP contribution >= 0.6 is 0 Å². The van der Waals surface area contributed by atoms with Gasteiger partial charge in [-0.25, -0.2) is 9.97 Å². The van der Waals surface area contributed by atoms with Gasteiger partial charge in [0.1, 0.15) is 16.9 Å². The first kappa shape index (κ1) is 20.2. The number of benzene rings is 1. The molecule has 2 fully saturated rings. The van der Waals surface area contributed by atoms with Crippen molar-refractivity contribution in [3.63, 3.8) is 0 Å². The Morgan fingerprint density at radius 3 is 2.82 bits per heavy atom. The first-order chi connectivity index (χ1) is 16.0. The van der Waals surface area contributed by atoms with Crippen molar-refractivity contribution in [2.45, 2.75) is 38.4 Å². The number of piperidine rings is 1. The van der Waals surface area contributed by atoms with Crippen LogP contribution in [0.1, 0.15) is 30.1 Å². The van der Waals surface area contributed by atoms with Crippen molar-refractivity contribution in [1.82, 2.24) is 24.0 Å². The lowest BCUT2D eigenvalue weighted by Gasteiger charge is -2.27. The van der Waals surface area contributed by atoms with Crippen molar-refractivity contribution in [2.24, 2.45) is 18.7 Å². The Morgan fingerprint density at radius 2 is 2.12 bits per heavy atom. The minimum Gasteiger partial charge on any atom is -0.494 e. The summed E-state index contributed by atoms with van der Waals surface area (Å²) in [6.07, 6.45) is 3.91. The molecular formula is C25H28N6O2. The lowest BCUT2D eigenvalue weighted by atomic mass is 10.1. The third kappa shape index (κ3) is 2.83. The van der Waals surface area contributed by atoms with E-state index in [1.165, 1.54) is 0 Å². The molecule has 0 spiro atoms. The monoisotopic (exact) mass is 444 g/mol. The maximum absolute atomic E-state index is 13.4. The Bertz CT molecular complexity index is 1400.